The van der Waals surface area contributed by atoms with Crippen molar-refractivity contribution in [3.63, 3.8) is 0 Å². The monoisotopic (exact) mass is 316 g/mol. The van der Waals surface area contributed by atoms with Gasteiger partial charge < -0.3 is 4.90 Å². The fourth-order valence-corrected chi connectivity index (χ4v) is 2.37. The minimum Gasteiger partial charge on any atom is -0.340 e. The molecule has 1 amide bonds. The molecule has 1 aromatic heterocycles. The minimum atomic E-state index is -4.36. The normalized spacial score (nSPS) is 17.1. The summed E-state index contributed by atoms with van der Waals surface area (Å²) in [4.78, 5) is 16.9. The van der Waals surface area contributed by atoms with Crippen LogP contribution >= 0.6 is 0 Å². The number of pyridine rings is 1. The quantitative estimate of drug-likeness (QED) is 0.849. The molecular weight excluding hydrogens is 297 g/mol. The second-order valence-electron chi connectivity index (χ2n) is 5.31. The smallest absolute Gasteiger partial charge is 0.340 e. The van der Waals surface area contributed by atoms with Gasteiger partial charge in [-0.15, -0.1) is 0 Å². The van der Waals surface area contributed by atoms with Crippen LogP contribution in [0.3, 0.4) is 0 Å². The van der Waals surface area contributed by atoms with Crippen LogP contribution in [0.2, 0.25) is 0 Å². The Kier molecular flexibility index (Phi) is 5.02. The first-order valence-corrected chi connectivity index (χ1v) is 7.01. The fourth-order valence-electron chi connectivity index (χ4n) is 2.37. The lowest BCUT2D eigenvalue weighted by atomic mass is 10.2. The maximum absolute atomic E-state index is 12.5. The van der Waals surface area contributed by atoms with Gasteiger partial charge in [0.25, 0.3) is 0 Å². The van der Waals surface area contributed by atoms with Crippen molar-refractivity contribution in [1.82, 2.24) is 19.9 Å². The topological polar surface area (TPSA) is 39.7 Å². The van der Waals surface area contributed by atoms with Crippen LogP contribution in [-0.2, 0) is 17.5 Å². The van der Waals surface area contributed by atoms with Crippen molar-refractivity contribution in [2.75, 3.05) is 33.2 Å². The zero-order chi connectivity index (χ0) is 16.3. The van der Waals surface area contributed by atoms with E-state index in [0.29, 0.717) is 38.4 Å². The summed E-state index contributed by atoms with van der Waals surface area (Å²) in [5.41, 5.74) is -0.168. The van der Waals surface area contributed by atoms with E-state index >= 15 is 0 Å². The van der Waals surface area contributed by atoms with Gasteiger partial charge in [-0.3, -0.25) is 9.78 Å². The van der Waals surface area contributed by atoms with Gasteiger partial charge in [-0.2, -0.15) is 13.2 Å². The van der Waals surface area contributed by atoms with Crippen molar-refractivity contribution in [3.05, 3.63) is 29.6 Å². The minimum absolute atomic E-state index is 0.0618. The molecule has 8 heteroatoms. The molecule has 1 aliphatic heterocycles. The van der Waals surface area contributed by atoms with E-state index in [1.165, 1.54) is 6.07 Å². The molecule has 0 saturated carbocycles. The van der Waals surface area contributed by atoms with Gasteiger partial charge in [0.1, 0.15) is 0 Å². The summed E-state index contributed by atoms with van der Waals surface area (Å²) in [5, 5.41) is 3.99. The number of amides is 1. The number of hydrogen-bond acceptors (Lipinski definition) is 4. The summed E-state index contributed by atoms with van der Waals surface area (Å²) < 4.78 is 37.5. The standard InChI is InChI=1S/C14H19F3N4O/c1-11(22)20-5-7-21(8-6-20)19(2)10-13-4-3-12(9-18-13)14(15,16)17/h3-4,9H,5-8,10H2,1-2H3. The van der Waals surface area contributed by atoms with Crippen molar-refractivity contribution in [2.24, 2.45) is 0 Å². The Morgan fingerprint density at radius 3 is 2.36 bits per heavy atom. The van der Waals surface area contributed by atoms with Gasteiger partial charge in [0, 0.05) is 46.3 Å². The first-order chi connectivity index (χ1) is 10.3. The molecule has 0 aromatic carbocycles. The van der Waals surface area contributed by atoms with Gasteiger partial charge in [-0.05, 0) is 12.1 Å². The number of alkyl halides is 3. The molecule has 1 saturated heterocycles. The highest BCUT2D eigenvalue weighted by molar-refractivity contribution is 5.73. The number of aromatic nitrogens is 1. The molecular formula is C14H19F3N4O. The van der Waals surface area contributed by atoms with E-state index in [2.05, 4.69) is 9.99 Å². The average Bonchev–Trinajstić information content (AvgIpc) is 2.47. The Balaban J connectivity index is 1.90. The molecule has 5 nitrogen and oxygen atoms in total. The molecule has 0 bridgehead atoms. The van der Waals surface area contributed by atoms with Crippen LogP contribution in [0.25, 0.3) is 0 Å². The highest BCUT2D eigenvalue weighted by Gasteiger charge is 2.30. The summed E-state index contributed by atoms with van der Waals surface area (Å²) in [6, 6.07) is 2.44. The van der Waals surface area contributed by atoms with Crippen LogP contribution in [0.1, 0.15) is 18.2 Å². The number of nitrogens with zero attached hydrogens (tertiary/aromatic N) is 4. The Bertz CT molecular complexity index is 510. The molecule has 0 aliphatic carbocycles. The van der Waals surface area contributed by atoms with E-state index in [-0.39, 0.29) is 5.91 Å². The zero-order valence-electron chi connectivity index (χ0n) is 12.6. The molecule has 1 aliphatic rings. The molecule has 22 heavy (non-hydrogen) atoms. The SMILES string of the molecule is CC(=O)N1CCN(N(C)Cc2ccc(C(F)(F)F)cn2)CC1. The molecule has 0 radical (unpaired) electrons. The van der Waals surface area contributed by atoms with E-state index in [4.69, 9.17) is 0 Å². The van der Waals surface area contributed by atoms with Crippen molar-refractivity contribution in [1.29, 1.82) is 0 Å². The van der Waals surface area contributed by atoms with E-state index in [1.807, 2.05) is 12.1 Å². The predicted molar refractivity (Wildman–Crippen MR) is 74.5 cm³/mol. The Morgan fingerprint density at radius 2 is 1.91 bits per heavy atom. The maximum Gasteiger partial charge on any atom is 0.417 e. The number of halogens is 3. The second-order valence-corrected chi connectivity index (χ2v) is 5.31. The lowest BCUT2D eigenvalue weighted by Gasteiger charge is -2.39. The largest absolute Gasteiger partial charge is 0.417 e. The Hall–Kier alpha value is -1.67. The molecule has 0 atom stereocenters. The van der Waals surface area contributed by atoms with Crippen molar-refractivity contribution < 1.29 is 18.0 Å². The fraction of sp³-hybridized carbons (Fsp3) is 0.571. The molecule has 0 spiro atoms. The molecule has 1 aromatic rings. The van der Waals surface area contributed by atoms with Crippen LogP contribution in [0, 0.1) is 0 Å². The van der Waals surface area contributed by atoms with E-state index < -0.39 is 11.7 Å². The van der Waals surface area contributed by atoms with Gasteiger partial charge in [0.2, 0.25) is 5.91 Å². The number of hydrazine groups is 1. The number of piperazine rings is 1. The first kappa shape index (κ1) is 16.7. The summed E-state index contributed by atoms with van der Waals surface area (Å²) in [5.74, 6) is 0.0618. The molecule has 2 heterocycles. The molecule has 1 fully saturated rings. The number of carbonyl (C=O) groups is 1. The molecule has 0 unspecified atom stereocenters. The predicted octanol–water partition coefficient (Wildman–Crippen LogP) is 1.61. The Labute approximate surface area is 127 Å². The average molecular weight is 316 g/mol. The third-order valence-electron chi connectivity index (χ3n) is 3.73. The van der Waals surface area contributed by atoms with Crippen LogP contribution in [0.4, 0.5) is 13.2 Å². The summed E-state index contributed by atoms with van der Waals surface area (Å²) >= 11 is 0. The van der Waals surface area contributed by atoms with Crippen LogP contribution in [-0.4, -0.2) is 59.0 Å². The van der Waals surface area contributed by atoms with Crippen LogP contribution < -0.4 is 0 Å². The maximum atomic E-state index is 12.5. The van der Waals surface area contributed by atoms with Crippen LogP contribution in [0.5, 0.6) is 0 Å². The van der Waals surface area contributed by atoms with Gasteiger partial charge >= 0.3 is 6.18 Å². The number of hydrogen-bond donors (Lipinski definition) is 0. The highest BCUT2D eigenvalue weighted by atomic mass is 19.4. The van der Waals surface area contributed by atoms with Gasteiger partial charge in [-0.25, -0.2) is 10.0 Å². The van der Waals surface area contributed by atoms with Crippen molar-refractivity contribution in [2.45, 2.75) is 19.6 Å². The number of carbonyl (C=O) groups excluding carboxylic acids is 1. The third kappa shape index (κ3) is 4.17. The molecule has 122 valence electrons. The lowest BCUT2D eigenvalue weighted by Crippen LogP contribution is -2.53. The first-order valence-electron chi connectivity index (χ1n) is 7.01. The van der Waals surface area contributed by atoms with E-state index in [1.54, 1.807) is 11.8 Å². The van der Waals surface area contributed by atoms with Crippen LogP contribution in [0.15, 0.2) is 18.3 Å². The van der Waals surface area contributed by atoms with Gasteiger partial charge in [0.15, 0.2) is 0 Å². The Morgan fingerprint density at radius 1 is 1.27 bits per heavy atom. The van der Waals surface area contributed by atoms with Crippen molar-refractivity contribution in [3.8, 4) is 0 Å². The van der Waals surface area contributed by atoms with E-state index in [0.717, 1.165) is 12.3 Å². The lowest BCUT2D eigenvalue weighted by molar-refractivity contribution is -0.138. The molecule has 0 N–H and O–H groups in total. The molecule has 2 rings (SSSR count). The zero-order valence-corrected chi connectivity index (χ0v) is 12.6. The van der Waals surface area contributed by atoms with Gasteiger partial charge in [0.05, 0.1) is 17.8 Å². The third-order valence-corrected chi connectivity index (χ3v) is 3.73. The van der Waals surface area contributed by atoms with Crippen molar-refractivity contribution >= 4 is 5.91 Å². The number of rotatable bonds is 3. The highest BCUT2D eigenvalue weighted by Crippen LogP contribution is 2.28. The van der Waals surface area contributed by atoms with E-state index in [9.17, 15) is 18.0 Å². The van der Waals surface area contributed by atoms with Gasteiger partial charge in [-0.1, -0.05) is 0 Å². The summed E-state index contributed by atoms with van der Waals surface area (Å²) in [6.45, 7) is 4.69. The summed E-state index contributed by atoms with van der Waals surface area (Å²) in [7, 11) is 1.86. The summed E-state index contributed by atoms with van der Waals surface area (Å²) in [6.07, 6.45) is -3.50. The second kappa shape index (κ2) is 6.62.